The van der Waals surface area contributed by atoms with Gasteiger partial charge < -0.3 is 15.4 Å². The third-order valence-electron chi connectivity index (χ3n) is 3.01. The number of nitrogens with one attached hydrogen (secondary N) is 2. The number of anilines is 1. The highest BCUT2D eigenvalue weighted by Gasteiger charge is 2.20. The zero-order valence-electron chi connectivity index (χ0n) is 10.6. The molecule has 1 heterocycles. The molecule has 1 saturated carbocycles. The number of pyridine rings is 1. The van der Waals surface area contributed by atoms with Crippen molar-refractivity contribution >= 4 is 5.82 Å². The fourth-order valence-electron chi connectivity index (χ4n) is 1.61. The fraction of sp³-hybridized carbons (Fsp3) is 0.615. The van der Waals surface area contributed by atoms with Gasteiger partial charge in [-0.3, -0.25) is 0 Å². The monoisotopic (exact) mass is 235 g/mol. The van der Waals surface area contributed by atoms with Crippen molar-refractivity contribution in [3.05, 3.63) is 23.9 Å². The van der Waals surface area contributed by atoms with Crippen molar-refractivity contribution in [2.24, 2.45) is 0 Å². The average Bonchev–Trinajstić information content (AvgIpc) is 3.18. The molecule has 2 N–H and O–H groups in total. The van der Waals surface area contributed by atoms with Crippen molar-refractivity contribution in [1.29, 1.82) is 0 Å². The molecule has 4 heteroatoms. The topological polar surface area (TPSA) is 46.2 Å². The lowest BCUT2D eigenvalue weighted by molar-refractivity contribution is 0.128. The largest absolute Gasteiger partial charge is 0.380 e. The molecule has 1 fully saturated rings. The third kappa shape index (κ3) is 3.98. The number of hydrogen-bond donors (Lipinski definition) is 2. The van der Waals surface area contributed by atoms with Crippen LogP contribution in [0.3, 0.4) is 0 Å². The van der Waals surface area contributed by atoms with Crippen LogP contribution in [0.5, 0.6) is 0 Å². The molecule has 17 heavy (non-hydrogen) atoms. The van der Waals surface area contributed by atoms with E-state index in [2.05, 4.69) is 21.7 Å². The van der Waals surface area contributed by atoms with Gasteiger partial charge in [-0.1, -0.05) is 6.07 Å². The van der Waals surface area contributed by atoms with Crippen molar-refractivity contribution in [3.63, 3.8) is 0 Å². The molecule has 94 valence electrons. The molecular formula is C13H21N3O. The lowest BCUT2D eigenvalue weighted by atomic mass is 10.2. The van der Waals surface area contributed by atoms with Crippen LogP contribution in [0.4, 0.5) is 5.82 Å². The van der Waals surface area contributed by atoms with Crippen LogP contribution in [0.1, 0.15) is 25.3 Å². The lowest BCUT2D eigenvalue weighted by Crippen LogP contribution is -2.21. The third-order valence-corrected chi connectivity index (χ3v) is 3.01. The fourth-order valence-corrected chi connectivity index (χ4v) is 1.61. The first kappa shape index (κ1) is 12.3. The van der Waals surface area contributed by atoms with Crippen LogP contribution in [0.25, 0.3) is 0 Å². The molecule has 0 bridgehead atoms. The average molecular weight is 235 g/mol. The van der Waals surface area contributed by atoms with Crippen LogP contribution in [-0.4, -0.2) is 30.8 Å². The summed E-state index contributed by atoms with van der Waals surface area (Å²) in [5.74, 6) is 0.963. The van der Waals surface area contributed by atoms with E-state index in [1.807, 2.05) is 19.2 Å². The number of hydrogen-bond acceptors (Lipinski definition) is 4. The van der Waals surface area contributed by atoms with Crippen LogP contribution in [-0.2, 0) is 11.3 Å². The summed E-state index contributed by atoms with van der Waals surface area (Å²) in [7, 11) is 1.72. The highest BCUT2D eigenvalue weighted by molar-refractivity contribution is 5.43. The van der Waals surface area contributed by atoms with Crippen molar-refractivity contribution < 1.29 is 4.74 Å². The molecule has 1 aliphatic rings. The Morgan fingerprint density at radius 3 is 3.06 bits per heavy atom. The van der Waals surface area contributed by atoms with E-state index >= 15 is 0 Å². The first-order valence-corrected chi connectivity index (χ1v) is 6.23. The summed E-state index contributed by atoms with van der Waals surface area (Å²) in [5.41, 5.74) is 1.22. The van der Waals surface area contributed by atoms with Crippen LogP contribution in [0.2, 0.25) is 0 Å². The van der Waals surface area contributed by atoms with Gasteiger partial charge in [-0.25, -0.2) is 4.98 Å². The van der Waals surface area contributed by atoms with E-state index < -0.39 is 0 Å². The van der Waals surface area contributed by atoms with Crippen molar-refractivity contribution in [2.75, 3.05) is 19.0 Å². The zero-order chi connectivity index (χ0) is 12.1. The second-order valence-electron chi connectivity index (χ2n) is 4.59. The summed E-state index contributed by atoms with van der Waals surface area (Å²) < 4.78 is 5.21. The Bertz CT molecular complexity index is 352. The van der Waals surface area contributed by atoms with Crippen molar-refractivity contribution in [3.8, 4) is 0 Å². The summed E-state index contributed by atoms with van der Waals surface area (Å²) in [5, 5.41) is 6.84. The minimum absolute atomic E-state index is 0.196. The SMILES string of the molecule is COC(C)CNc1ncccc1CNC1CC1. The van der Waals surface area contributed by atoms with E-state index in [1.54, 1.807) is 7.11 Å². The molecule has 0 aliphatic heterocycles. The molecule has 0 aromatic carbocycles. The van der Waals surface area contributed by atoms with Gasteiger partial charge in [-0.15, -0.1) is 0 Å². The van der Waals surface area contributed by atoms with Gasteiger partial charge in [0, 0.05) is 38.0 Å². The van der Waals surface area contributed by atoms with E-state index in [0.29, 0.717) is 0 Å². The van der Waals surface area contributed by atoms with Gasteiger partial charge in [0.2, 0.25) is 0 Å². The lowest BCUT2D eigenvalue weighted by Gasteiger charge is -2.14. The van der Waals surface area contributed by atoms with Crippen LogP contribution < -0.4 is 10.6 Å². The number of nitrogens with zero attached hydrogens (tertiary/aromatic N) is 1. The Hall–Kier alpha value is -1.13. The van der Waals surface area contributed by atoms with Gasteiger partial charge in [0.15, 0.2) is 0 Å². The normalized spacial score (nSPS) is 16.8. The van der Waals surface area contributed by atoms with Crippen molar-refractivity contribution in [1.82, 2.24) is 10.3 Å². The summed E-state index contributed by atoms with van der Waals surface area (Å²) >= 11 is 0. The number of ether oxygens (including phenoxy) is 1. The maximum atomic E-state index is 5.21. The van der Waals surface area contributed by atoms with Crippen LogP contribution in [0, 0.1) is 0 Å². The number of methoxy groups -OCH3 is 1. The minimum atomic E-state index is 0.196. The maximum absolute atomic E-state index is 5.21. The maximum Gasteiger partial charge on any atom is 0.130 e. The quantitative estimate of drug-likeness (QED) is 0.756. The summed E-state index contributed by atoms with van der Waals surface area (Å²) in [6, 6.07) is 4.82. The van der Waals surface area contributed by atoms with E-state index in [1.165, 1.54) is 18.4 Å². The van der Waals surface area contributed by atoms with Crippen molar-refractivity contribution in [2.45, 2.75) is 38.5 Å². The van der Waals surface area contributed by atoms with Gasteiger partial charge >= 0.3 is 0 Å². The Balaban J connectivity index is 1.89. The first-order chi connectivity index (χ1) is 8.29. The van der Waals surface area contributed by atoms with Gasteiger partial charge in [-0.2, -0.15) is 0 Å². The second kappa shape index (κ2) is 5.98. The summed E-state index contributed by atoms with van der Waals surface area (Å²) in [6.07, 6.45) is 4.63. The molecular weight excluding hydrogens is 214 g/mol. The number of aromatic nitrogens is 1. The molecule has 0 radical (unpaired) electrons. The van der Waals surface area contributed by atoms with E-state index in [9.17, 15) is 0 Å². The highest BCUT2D eigenvalue weighted by atomic mass is 16.5. The van der Waals surface area contributed by atoms with Crippen LogP contribution >= 0.6 is 0 Å². The molecule has 1 aliphatic carbocycles. The zero-order valence-corrected chi connectivity index (χ0v) is 10.6. The second-order valence-corrected chi connectivity index (χ2v) is 4.59. The smallest absolute Gasteiger partial charge is 0.130 e. The van der Waals surface area contributed by atoms with E-state index in [-0.39, 0.29) is 6.10 Å². The minimum Gasteiger partial charge on any atom is -0.380 e. The molecule has 1 atom stereocenters. The Kier molecular flexibility index (Phi) is 4.34. The van der Waals surface area contributed by atoms with Gasteiger partial charge in [-0.05, 0) is 25.8 Å². The molecule has 1 aromatic heterocycles. The first-order valence-electron chi connectivity index (χ1n) is 6.23. The van der Waals surface area contributed by atoms with Gasteiger partial charge in [0.1, 0.15) is 5.82 Å². The molecule has 4 nitrogen and oxygen atoms in total. The summed E-state index contributed by atoms with van der Waals surface area (Å²) in [6.45, 7) is 3.71. The molecule has 0 amide bonds. The molecule has 2 rings (SSSR count). The molecule has 1 unspecified atom stereocenters. The Labute approximate surface area is 103 Å². The molecule has 0 saturated heterocycles. The van der Waals surface area contributed by atoms with Crippen LogP contribution in [0.15, 0.2) is 18.3 Å². The predicted molar refractivity (Wildman–Crippen MR) is 69.1 cm³/mol. The highest BCUT2D eigenvalue weighted by Crippen LogP contribution is 2.20. The standard InChI is InChI=1S/C13H21N3O/c1-10(17-2)8-16-13-11(4-3-7-14-13)9-15-12-5-6-12/h3-4,7,10,12,15H,5-6,8-9H2,1-2H3,(H,14,16). The Morgan fingerprint density at radius 1 is 1.53 bits per heavy atom. The number of rotatable bonds is 7. The van der Waals surface area contributed by atoms with E-state index in [4.69, 9.17) is 4.74 Å². The molecule has 1 aromatic rings. The predicted octanol–water partition coefficient (Wildman–Crippen LogP) is 1.78. The molecule has 0 spiro atoms. The van der Waals surface area contributed by atoms with Gasteiger partial charge in [0.05, 0.1) is 6.10 Å². The van der Waals surface area contributed by atoms with Gasteiger partial charge in [0.25, 0.3) is 0 Å². The van der Waals surface area contributed by atoms with E-state index in [0.717, 1.165) is 24.9 Å². The Morgan fingerprint density at radius 2 is 2.35 bits per heavy atom. The summed E-state index contributed by atoms with van der Waals surface area (Å²) in [4.78, 5) is 4.38.